The van der Waals surface area contributed by atoms with E-state index >= 15 is 0 Å². The van der Waals surface area contributed by atoms with Crippen molar-refractivity contribution in [2.75, 3.05) is 13.2 Å². The van der Waals surface area contributed by atoms with Crippen LogP contribution in [0.2, 0.25) is 0 Å². The summed E-state index contributed by atoms with van der Waals surface area (Å²) >= 11 is 0. The van der Waals surface area contributed by atoms with Crippen molar-refractivity contribution in [1.29, 1.82) is 0 Å². The van der Waals surface area contributed by atoms with E-state index in [2.05, 4.69) is 79.1 Å². The number of hydrogen-bond donors (Lipinski definition) is 8. The van der Waals surface area contributed by atoms with Gasteiger partial charge in [-0.2, -0.15) is 0 Å². The van der Waals surface area contributed by atoms with Gasteiger partial charge in [0.2, 0.25) is 0 Å². The first kappa shape index (κ1) is 62.9. The molecule has 6 unspecified atom stereocenters. The van der Waals surface area contributed by atoms with E-state index in [0.717, 1.165) is 70.6 Å². The molecule has 0 heterocycles. The largest absolute Gasteiger partial charge is 0.472 e. The minimum atomic E-state index is -5.39. The normalized spacial score (nSPS) is 22.6. The van der Waals surface area contributed by atoms with Crippen LogP contribution in [0.1, 0.15) is 136 Å². The molecule has 17 nitrogen and oxygen atoms in total. The third-order valence-electron chi connectivity index (χ3n) is 10.2. The number of phosphoric ester groups is 2. The monoisotopic (exact) mass is 1000 g/mol. The van der Waals surface area contributed by atoms with Crippen molar-refractivity contribution in [2.24, 2.45) is 0 Å². The number of aliphatic hydroxyl groups is 5. The molecule has 0 amide bonds. The number of rotatable bonds is 38. The van der Waals surface area contributed by atoms with E-state index in [1.807, 2.05) is 12.2 Å². The fraction of sp³-hybridized carbons (Fsp3) is 0.633. The van der Waals surface area contributed by atoms with E-state index in [4.69, 9.17) is 18.5 Å². The number of phosphoric acid groups is 2. The predicted octanol–water partition coefficient (Wildman–Crippen LogP) is 8.14. The molecule has 19 heteroatoms. The van der Waals surface area contributed by atoms with Crippen LogP contribution in [0.25, 0.3) is 0 Å². The summed E-state index contributed by atoms with van der Waals surface area (Å²) in [4.78, 5) is 54.3. The van der Waals surface area contributed by atoms with Crippen LogP contribution in [0.15, 0.2) is 97.2 Å². The van der Waals surface area contributed by atoms with Crippen molar-refractivity contribution in [3.05, 3.63) is 97.2 Å². The van der Waals surface area contributed by atoms with Gasteiger partial charge in [0.1, 0.15) is 43.2 Å². The maximum Gasteiger partial charge on any atom is 0.472 e. The van der Waals surface area contributed by atoms with Crippen LogP contribution >= 0.6 is 15.6 Å². The Balaban J connectivity index is 2.71. The Bertz CT molecular complexity index is 1700. The van der Waals surface area contributed by atoms with Crippen molar-refractivity contribution < 1.29 is 82.0 Å². The number of carbonyl (C=O) groups is 2. The topological polar surface area (TPSA) is 276 Å². The molecule has 9 atom stereocenters. The zero-order chi connectivity index (χ0) is 50.5. The molecule has 0 saturated heterocycles. The molecule has 8 N–H and O–H groups in total. The molecule has 1 rings (SSSR count). The fourth-order valence-electron chi connectivity index (χ4n) is 6.52. The van der Waals surface area contributed by atoms with E-state index < -0.39 is 89.6 Å². The molecule has 68 heavy (non-hydrogen) atoms. The summed E-state index contributed by atoms with van der Waals surface area (Å²) in [6.45, 7) is 2.80. The Morgan fingerprint density at radius 3 is 1.72 bits per heavy atom. The van der Waals surface area contributed by atoms with Crippen LogP contribution < -0.4 is 0 Å². The second-order valence-electron chi connectivity index (χ2n) is 16.3. The first-order chi connectivity index (χ1) is 32.5. The number of unbranched alkanes of at least 4 members (excludes halogenated alkanes) is 8. The van der Waals surface area contributed by atoms with Gasteiger partial charge >= 0.3 is 27.6 Å². The smallest absolute Gasteiger partial charge is 0.462 e. The minimum absolute atomic E-state index is 0.0619. The zero-order valence-electron chi connectivity index (χ0n) is 39.9. The van der Waals surface area contributed by atoms with Gasteiger partial charge in [-0.3, -0.25) is 23.2 Å². The van der Waals surface area contributed by atoms with Crippen LogP contribution in [0.3, 0.4) is 0 Å². The predicted molar refractivity (Wildman–Crippen MR) is 261 cm³/mol. The molecule has 0 bridgehead atoms. The number of allylic oxidation sites excluding steroid dienone is 14. The van der Waals surface area contributed by atoms with Gasteiger partial charge in [-0.1, -0.05) is 143 Å². The Labute approximate surface area is 403 Å². The third-order valence-corrected chi connectivity index (χ3v) is 11.7. The van der Waals surface area contributed by atoms with Crippen molar-refractivity contribution in [3.63, 3.8) is 0 Å². The molecule has 0 aromatic heterocycles. The van der Waals surface area contributed by atoms with Gasteiger partial charge in [-0.25, -0.2) is 9.13 Å². The quantitative estimate of drug-likeness (QED) is 0.00953. The van der Waals surface area contributed by atoms with Crippen molar-refractivity contribution in [1.82, 2.24) is 0 Å². The zero-order valence-corrected chi connectivity index (χ0v) is 41.6. The lowest BCUT2D eigenvalue weighted by atomic mass is 9.85. The average molecular weight is 1000 g/mol. The molecule has 388 valence electrons. The third kappa shape index (κ3) is 32.6. The van der Waals surface area contributed by atoms with E-state index in [1.54, 1.807) is 24.3 Å². The number of ether oxygens (including phenoxy) is 2. The summed E-state index contributed by atoms with van der Waals surface area (Å²) in [5.74, 6) is -1.41. The highest BCUT2D eigenvalue weighted by atomic mass is 31.2. The van der Waals surface area contributed by atoms with Crippen LogP contribution in [-0.2, 0) is 41.8 Å². The van der Waals surface area contributed by atoms with Crippen LogP contribution in [0.5, 0.6) is 0 Å². The molecular weight excluding hydrogens is 922 g/mol. The molecule has 0 radical (unpaired) electrons. The molecule has 1 fully saturated rings. The highest BCUT2D eigenvalue weighted by molar-refractivity contribution is 7.47. The second kappa shape index (κ2) is 38.6. The summed E-state index contributed by atoms with van der Waals surface area (Å²) in [5.41, 5.74) is 0. The van der Waals surface area contributed by atoms with E-state index in [1.165, 1.54) is 19.3 Å². The van der Waals surface area contributed by atoms with E-state index in [0.29, 0.717) is 6.42 Å². The maximum absolute atomic E-state index is 13.0. The molecule has 0 aliphatic heterocycles. The lowest BCUT2D eigenvalue weighted by Crippen LogP contribution is -2.64. The number of hydrogen-bond acceptors (Lipinski definition) is 14. The molecule has 1 aliphatic rings. The molecule has 0 aromatic carbocycles. The average Bonchev–Trinajstić information content (AvgIpc) is 3.29. The summed E-state index contributed by atoms with van der Waals surface area (Å²) in [6, 6.07) is 0. The Morgan fingerprint density at radius 1 is 0.559 bits per heavy atom. The summed E-state index contributed by atoms with van der Waals surface area (Å²) in [7, 11) is -10.8. The lowest BCUT2D eigenvalue weighted by Gasteiger charge is -2.43. The first-order valence-electron chi connectivity index (χ1n) is 23.9. The van der Waals surface area contributed by atoms with Gasteiger partial charge < -0.3 is 49.7 Å². The standard InChI is InChI=1S/C49H80O17P2/c1-3-5-7-9-11-13-15-17-18-20-22-24-26-28-32-36-42(51)62-38-41(39-63-68(60,61)66-49-46(55)44(53)45(54)48(47(49)56)65-67(57,58)59)64-43(52)37-33-29-31-35-40(50)34-30-27-25-23-21-19-16-14-12-10-8-6-4-2/h6,8,11-14,17-19,21,25,27,29-31,34,40-41,44-50,53-56H,3-5,7,9-10,15-16,20,22-24,26,28,32-33,35-39H2,1-2H3,(H,60,61)(H2,57,58,59)/b8-6-,13-11-,14-12-,18-17-,21-19-,27-25-,31-29-,34-30-/t40?,41-,44?,45?,46?,47?,48-,49+/m1/s1. The number of aliphatic hydroxyl groups excluding tert-OH is 5. The Kier molecular flexibility index (Phi) is 35.7. The van der Waals surface area contributed by atoms with Crippen LogP contribution in [0, 0.1) is 0 Å². The van der Waals surface area contributed by atoms with Crippen molar-refractivity contribution in [3.8, 4) is 0 Å². The van der Waals surface area contributed by atoms with Gasteiger partial charge in [0, 0.05) is 12.8 Å². The SMILES string of the molecule is CC/C=C\C/C=C\C/C=C\C/C=C\C=C/C(O)C/C=C\CCC(=O)O[C@H](COC(=O)CCCCCCC/C=C\C/C=C\CCCCC)COP(=O)(O)O[C@H]1C(O)C(O)C(O)[C@@H](OP(=O)(O)O)C1O. The van der Waals surface area contributed by atoms with Crippen LogP contribution in [0.4, 0.5) is 0 Å². The molecule has 0 spiro atoms. The lowest BCUT2D eigenvalue weighted by molar-refractivity contribution is -0.216. The summed E-state index contributed by atoms with van der Waals surface area (Å²) < 4.78 is 49.2. The summed E-state index contributed by atoms with van der Waals surface area (Å²) in [6.07, 6.45) is 31.0. The van der Waals surface area contributed by atoms with Crippen molar-refractivity contribution in [2.45, 2.75) is 185 Å². The molecule has 0 aromatic rings. The number of carbonyl (C=O) groups excluding carboxylic acids is 2. The Hall–Kier alpha value is -3.12. The van der Waals surface area contributed by atoms with Gasteiger partial charge in [0.05, 0.1) is 12.7 Å². The number of esters is 2. The van der Waals surface area contributed by atoms with Gasteiger partial charge in [0.15, 0.2) is 6.10 Å². The van der Waals surface area contributed by atoms with E-state index in [9.17, 15) is 58.9 Å². The highest BCUT2D eigenvalue weighted by Gasteiger charge is 2.54. The molecule has 1 saturated carbocycles. The molecular formula is C49H80O17P2. The minimum Gasteiger partial charge on any atom is -0.462 e. The molecule has 1 aliphatic carbocycles. The Morgan fingerprint density at radius 2 is 1.10 bits per heavy atom. The maximum atomic E-state index is 13.0. The van der Waals surface area contributed by atoms with Crippen molar-refractivity contribution >= 4 is 27.6 Å². The first-order valence-corrected chi connectivity index (χ1v) is 26.9. The van der Waals surface area contributed by atoms with E-state index in [-0.39, 0.29) is 25.7 Å². The van der Waals surface area contributed by atoms with Gasteiger partial charge in [-0.05, 0) is 77.0 Å². The summed E-state index contributed by atoms with van der Waals surface area (Å²) in [5, 5.41) is 51.5. The van der Waals surface area contributed by atoms with Gasteiger partial charge in [0.25, 0.3) is 0 Å². The highest BCUT2D eigenvalue weighted by Crippen LogP contribution is 2.49. The van der Waals surface area contributed by atoms with Gasteiger partial charge in [-0.15, -0.1) is 0 Å². The fourth-order valence-corrected chi connectivity index (χ4v) is 8.06. The second-order valence-corrected chi connectivity index (χ2v) is 18.9. The van der Waals surface area contributed by atoms with Crippen LogP contribution in [-0.4, -0.2) is 114 Å².